The highest BCUT2D eigenvalue weighted by atomic mass is 32.1. The summed E-state index contributed by atoms with van der Waals surface area (Å²) >= 11 is 1.41. The summed E-state index contributed by atoms with van der Waals surface area (Å²) < 4.78 is 0. The number of rotatable bonds is 7. The summed E-state index contributed by atoms with van der Waals surface area (Å²) in [6, 6.07) is 5.80. The van der Waals surface area contributed by atoms with E-state index in [0.29, 0.717) is 18.0 Å². The highest BCUT2D eigenvalue weighted by Gasteiger charge is 2.19. The second-order valence-electron chi connectivity index (χ2n) is 5.74. The number of anilines is 1. The van der Waals surface area contributed by atoms with E-state index < -0.39 is 0 Å². The molecule has 0 aromatic carbocycles. The number of nitrogens with one attached hydrogen (secondary N) is 2. The molecular formula is C18H21N5OS. The molecule has 0 atom stereocenters. The van der Waals surface area contributed by atoms with Crippen molar-refractivity contribution in [2.24, 2.45) is 0 Å². The lowest BCUT2D eigenvalue weighted by atomic mass is 10.2. The number of aromatic nitrogens is 3. The minimum absolute atomic E-state index is 0.0374. The monoisotopic (exact) mass is 355 g/mol. The zero-order valence-electron chi connectivity index (χ0n) is 14.4. The van der Waals surface area contributed by atoms with Gasteiger partial charge in [0.25, 0.3) is 5.91 Å². The Hall–Kier alpha value is -2.54. The Bertz CT molecular complexity index is 863. The molecule has 25 heavy (non-hydrogen) atoms. The van der Waals surface area contributed by atoms with E-state index in [2.05, 4.69) is 32.5 Å². The first-order chi connectivity index (χ1) is 12.2. The number of thiophene rings is 1. The van der Waals surface area contributed by atoms with Crippen LogP contribution in [0.5, 0.6) is 0 Å². The van der Waals surface area contributed by atoms with Crippen molar-refractivity contribution in [3.05, 3.63) is 46.9 Å². The van der Waals surface area contributed by atoms with Gasteiger partial charge in [-0.3, -0.25) is 9.78 Å². The summed E-state index contributed by atoms with van der Waals surface area (Å²) in [6.07, 6.45) is 5.32. The number of hydrogen-bond acceptors (Lipinski definition) is 6. The van der Waals surface area contributed by atoms with Gasteiger partial charge >= 0.3 is 0 Å². The van der Waals surface area contributed by atoms with Crippen LogP contribution in [0.3, 0.4) is 0 Å². The van der Waals surface area contributed by atoms with Gasteiger partial charge in [0.1, 0.15) is 17.0 Å². The molecule has 0 aliphatic heterocycles. The van der Waals surface area contributed by atoms with Crippen molar-refractivity contribution < 1.29 is 4.79 Å². The van der Waals surface area contributed by atoms with E-state index in [4.69, 9.17) is 0 Å². The molecule has 0 fully saturated rings. The Balaban J connectivity index is 1.84. The normalized spacial score (nSPS) is 10.8. The molecular weight excluding hydrogens is 334 g/mol. The molecule has 0 bridgehead atoms. The number of fused-ring (bicyclic) bond motifs is 1. The second kappa shape index (κ2) is 8.02. The molecule has 3 aromatic rings. The van der Waals surface area contributed by atoms with Crippen LogP contribution in [-0.4, -0.2) is 27.4 Å². The van der Waals surface area contributed by atoms with Crippen LogP contribution >= 0.6 is 11.3 Å². The van der Waals surface area contributed by atoms with Gasteiger partial charge in [-0.1, -0.05) is 19.4 Å². The third kappa shape index (κ3) is 3.93. The number of aryl methyl sites for hydroxylation is 1. The van der Waals surface area contributed by atoms with Crippen LogP contribution in [0.2, 0.25) is 0 Å². The standard InChI is InChI=1S/C18H21N5OS/c1-3-4-8-20-17(24)15-12(2)14-16(22-11-23-18(14)25-15)21-10-13-7-5-6-9-19-13/h5-7,9,11H,3-4,8,10H2,1-2H3,(H,20,24)(H,21,22,23). The second-order valence-corrected chi connectivity index (χ2v) is 6.74. The summed E-state index contributed by atoms with van der Waals surface area (Å²) in [4.78, 5) is 26.9. The van der Waals surface area contributed by atoms with Crippen LogP contribution in [0.15, 0.2) is 30.7 Å². The Morgan fingerprint density at radius 3 is 2.88 bits per heavy atom. The van der Waals surface area contributed by atoms with Gasteiger partial charge in [-0.25, -0.2) is 9.97 Å². The van der Waals surface area contributed by atoms with E-state index in [1.54, 1.807) is 6.20 Å². The van der Waals surface area contributed by atoms with Crippen molar-refractivity contribution in [3.63, 3.8) is 0 Å². The number of hydrogen-bond donors (Lipinski definition) is 2. The molecule has 1 amide bonds. The third-order valence-electron chi connectivity index (χ3n) is 3.91. The maximum atomic E-state index is 12.4. The predicted molar refractivity (Wildman–Crippen MR) is 101 cm³/mol. The van der Waals surface area contributed by atoms with Crippen molar-refractivity contribution >= 4 is 33.3 Å². The van der Waals surface area contributed by atoms with Crippen molar-refractivity contribution in [1.82, 2.24) is 20.3 Å². The first kappa shape index (κ1) is 17.3. The first-order valence-electron chi connectivity index (χ1n) is 8.36. The van der Waals surface area contributed by atoms with Gasteiger partial charge in [0, 0.05) is 12.7 Å². The highest BCUT2D eigenvalue weighted by Crippen LogP contribution is 2.33. The molecule has 0 aliphatic carbocycles. The maximum Gasteiger partial charge on any atom is 0.261 e. The van der Waals surface area contributed by atoms with Crippen LogP contribution in [0.25, 0.3) is 10.2 Å². The van der Waals surface area contributed by atoms with E-state index in [1.165, 1.54) is 17.7 Å². The molecule has 7 heteroatoms. The van der Waals surface area contributed by atoms with Gasteiger partial charge in [0.2, 0.25) is 0 Å². The Kier molecular flexibility index (Phi) is 5.55. The van der Waals surface area contributed by atoms with E-state index in [1.807, 2.05) is 25.1 Å². The molecule has 0 spiro atoms. The number of carbonyl (C=O) groups is 1. The summed E-state index contributed by atoms with van der Waals surface area (Å²) in [6.45, 7) is 5.31. The van der Waals surface area contributed by atoms with Gasteiger partial charge in [0.15, 0.2) is 0 Å². The van der Waals surface area contributed by atoms with Crippen LogP contribution in [0, 0.1) is 6.92 Å². The van der Waals surface area contributed by atoms with Crippen LogP contribution in [0.1, 0.15) is 40.7 Å². The smallest absolute Gasteiger partial charge is 0.261 e. The minimum Gasteiger partial charge on any atom is -0.364 e. The predicted octanol–water partition coefficient (Wildman–Crippen LogP) is 3.54. The number of amides is 1. The fraction of sp³-hybridized carbons (Fsp3) is 0.333. The summed E-state index contributed by atoms with van der Waals surface area (Å²) in [5.74, 6) is 0.696. The summed E-state index contributed by atoms with van der Waals surface area (Å²) in [5.41, 5.74) is 1.85. The van der Waals surface area contributed by atoms with Crippen molar-refractivity contribution in [1.29, 1.82) is 0 Å². The Morgan fingerprint density at radius 1 is 1.24 bits per heavy atom. The fourth-order valence-corrected chi connectivity index (χ4v) is 3.62. The molecule has 0 unspecified atom stereocenters. The maximum absolute atomic E-state index is 12.4. The average molecular weight is 355 g/mol. The molecule has 3 aromatic heterocycles. The minimum atomic E-state index is -0.0374. The van der Waals surface area contributed by atoms with E-state index in [9.17, 15) is 4.79 Å². The van der Waals surface area contributed by atoms with E-state index >= 15 is 0 Å². The molecule has 0 radical (unpaired) electrons. The zero-order chi connectivity index (χ0) is 17.6. The van der Waals surface area contributed by atoms with Crippen LogP contribution < -0.4 is 10.6 Å². The van der Waals surface area contributed by atoms with Crippen LogP contribution in [-0.2, 0) is 6.54 Å². The molecule has 0 aliphatic rings. The van der Waals surface area contributed by atoms with Crippen molar-refractivity contribution in [2.45, 2.75) is 33.2 Å². The molecule has 3 rings (SSSR count). The number of nitrogens with zero attached hydrogens (tertiary/aromatic N) is 3. The topological polar surface area (TPSA) is 79.8 Å². The Morgan fingerprint density at radius 2 is 2.12 bits per heavy atom. The highest BCUT2D eigenvalue weighted by molar-refractivity contribution is 7.20. The fourth-order valence-electron chi connectivity index (χ4n) is 2.56. The number of unbranched alkanes of at least 4 members (excludes halogenated alkanes) is 1. The molecule has 130 valence electrons. The van der Waals surface area contributed by atoms with Gasteiger partial charge < -0.3 is 10.6 Å². The largest absolute Gasteiger partial charge is 0.364 e. The van der Waals surface area contributed by atoms with E-state index in [0.717, 1.165) is 40.1 Å². The van der Waals surface area contributed by atoms with Gasteiger partial charge in [-0.05, 0) is 31.0 Å². The molecule has 0 saturated heterocycles. The van der Waals surface area contributed by atoms with Gasteiger partial charge in [-0.15, -0.1) is 11.3 Å². The summed E-state index contributed by atoms with van der Waals surface area (Å²) in [5, 5.41) is 7.19. The van der Waals surface area contributed by atoms with Gasteiger partial charge in [-0.2, -0.15) is 0 Å². The molecule has 0 saturated carbocycles. The third-order valence-corrected chi connectivity index (χ3v) is 5.11. The lowest BCUT2D eigenvalue weighted by Gasteiger charge is -2.07. The van der Waals surface area contributed by atoms with Crippen LogP contribution in [0.4, 0.5) is 5.82 Å². The molecule has 2 N–H and O–H groups in total. The lowest BCUT2D eigenvalue weighted by Crippen LogP contribution is -2.23. The average Bonchev–Trinajstić information content (AvgIpc) is 2.98. The summed E-state index contributed by atoms with van der Waals surface area (Å²) in [7, 11) is 0. The van der Waals surface area contributed by atoms with Crippen molar-refractivity contribution in [3.8, 4) is 0 Å². The molecule has 6 nitrogen and oxygen atoms in total. The SMILES string of the molecule is CCCCNC(=O)c1sc2ncnc(NCc3ccccn3)c2c1C. The number of carbonyl (C=O) groups excluding carboxylic acids is 1. The van der Waals surface area contributed by atoms with E-state index in [-0.39, 0.29) is 5.91 Å². The Labute approximate surface area is 150 Å². The van der Waals surface area contributed by atoms with Gasteiger partial charge in [0.05, 0.1) is 22.5 Å². The number of pyridine rings is 1. The zero-order valence-corrected chi connectivity index (χ0v) is 15.2. The first-order valence-corrected chi connectivity index (χ1v) is 9.18. The van der Waals surface area contributed by atoms with Crippen molar-refractivity contribution in [2.75, 3.05) is 11.9 Å². The quantitative estimate of drug-likeness (QED) is 0.634. The lowest BCUT2D eigenvalue weighted by molar-refractivity contribution is 0.0957. The molecule has 3 heterocycles.